The number of sulfone groups is 1. The molecule has 1 amide bonds. The third-order valence-electron chi connectivity index (χ3n) is 3.43. The largest absolute Gasteiger partial charge is 0.372 e. The van der Waals surface area contributed by atoms with Crippen LogP contribution in [0, 0.1) is 0 Å². The molecule has 1 aromatic heterocycles. The van der Waals surface area contributed by atoms with Gasteiger partial charge in [-0.05, 0) is 0 Å². The molecule has 9 nitrogen and oxygen atoms in total. The van der Waals surface area contributed by atoms with E-state index in [1.54, 1.807) is 0 Å². The van der Waals surface area contributed by atoms with Crippen molar-refractivity contribution in [1.82, 2.24) is 19.8 Å². The highest BCUT2D eigenvalue weighted by Crippen LogP contribution is 2.11. The van der Waals surface area contributed by atoms with Crippen LogP contribution in [0.15, 0.2) is 0 Å². The van der Waals surface area contributed by atoms with Gasteiger partial charge in [-0.3, -0.25) is 9.63 Å². The Labute approximate surface area is 121 Å². The first-order valence-corrected chi connectivity index (χ1v) is 8.50. The summed E-state index contributed by atoms with van der Waals surface area (Å²) in [6.45, 7) is 1.61. The summed E-state index contributed by atoms with van der Waals surface area (Å²) in [6, 6.07) is 0. The number of nitrogens with zero attached hydrogens (tertiary/aromatic N) is 4. The number of aromatic nitrogens is 3. The van der Waals surface area contributed by atoms with E-state index in [-0.39, 0.29) is 37.0 Å². The van der Waals surface area contributed by atoms with Crippen molar-refractivity contribution in [3.63, 3.8) is 0 Å². The summed E-state index contributed by atoms with van der Waals surface area (Å²) < 4.78 is 30.1. The van der Waals surface area contributed by atoms with Crippen LogP contribution < -0.4 is 0 Å². The molecule has 0 atom stereocenters. The minimum absolute atomic E-state index is 0.000145. The van der Waals surface area contributed by atoms with Crippen molar-refractivity contribution in [3.8, 4) is 0 Å². The topological polar surface area (TPSA) is 104 Å². The number of carbonyl (C=O) groups excluding carboxylic acids is 1. The first kappa shape index (κ1) is 14.4. The second kappa shape index (κ2) is 5.70. The fourth-order valence-corrected chi connectivity index (χ4v) is 3.25. The second-order valence-corrected chi connectivity index (χ2v) is 7.20. The van der Waals surface area contributed by atoms with Crippen LogP contribution in [0.3, 0.4) is 0 Å². The molecule has 0 spiro atoms. The molecular weight excluding hydrogens is 300 g/mol. The van der Waals surface area contributed by atoms with E-state index in [1.807, 2.05) is 4.57 Å². The molecule has 0 bridgehead atoms. The Kier molecular flexibility index (Phi) is 3.91. The molecular formula is C11H16N4O5S. The molecule has 1 saturated heterocycles. The van der Waals surface area contributed by atoms with Gasteiger partial charge in [-0.2, -0.15) is 0 Å². The maximum atomic E-state index is 12.2. The van der Waals surface area contributed by atoms with E-state index in [0.717, 1.165) is 5.06 Å². The summed E-state index contributed by atoms with van der Waals surface area (Å²) in [6.07, 6.45) is 0.0348. The van der Waals surface area contributed by atoms with Crippen molar-refractivity contribution in [2.45, 2.75) is 19.6 Å². The quantitative estimate of drug-likeness (QED) is 0.657. The van der Waals surface area contributed by atoms with Gasteiger partial charge in [-0.15, -0.1) is 10.2 Å². The van der Waals surface area contributed by atoms with E-state index in [1.165, 1.54) is 0 Å². The van der Waals surface area contributed by atoms with Crippen molar-refractivity contribution in [3.05, 3.63) is 11.6 Å². The smallest absolute Gasteiger partial charge is 0.253 e. The van der Waals surface area contributed by atoms with Gasteiger partial charge in [0.2, 0.25) is 0 Å². The van der Waals surface area contributed by atoms with Gasteiger partial charge in [0.05, 0.1) is 37.7 Å². The predicted octanol–water partition coefficient (Wildman–Crippen LogP) is -1.46. The van der Waals surface area contributed by atoms with Crippen molar-refractivity contribution < 1.29 is 22.8 Å². The van der Waals surface area contributed by atoms with Crippen LogP contribution in [0.4, 0.5) is 0 Å². The summed E-state index contributed by atoms with van der Waals surface area (Å²) in [7, 11) is -3.13. The molecule has 2 aliphatic rings. The second-order valence-electron chi connectivity index (χ2n) is 4.89. The lowest BCUT2D eigenvalue weighted by atomic mass is 10.3. The average molecular weight is 316 g/mol. The highest BCUT2D eigenvalue weighted by Gasteiger charge is 2.26. The van der Waals surface area contributed by atoms with Crippen LogP contribution in [0.5, 0.6) is 0 Å². The number of hydrogen-bond donors (Lipinski definition) is 0. The van der Waals surface area contributed by atoms with Crippen molar-refractivity contribution in [2.24, 2.45) is 0 Å². The van der Waals surface area contributed by atoms with Crippen LogP contribution in [0.1, 0.15) is 11.6 Å². The standard InChI is InChI=1S/C11H16N4O5S/c16-11(15-2-5-21(17,18)6-4-20-15)7-9-12-13-10-8-19-3-1-14(9)10/h1-8H2. The Bertz CT molecular complexity index is 641. The SMILES string of the molecule is O=C(Cc1nnc2n1CCOC2)N1CCS(=O)(=O)CCO1. The van der Waals surface area contributed by atoms with E-state index in [0.29, 0.717) is 31.4 Å². The molecule has 0 unspecified atom stereocenters. The van der Waals surface area contributed by atoms with Gasteiger partial charge in [-0.1, -0.05) is 0 Å². The number of ether oxygens (including phenoxy) is 1. The first-order valence-electron chi connectivity index (χ1n) is 6.67. The van der Waals surface area contributed by atoms with Gasteiger partial charge in [0.15, 0.2) is 15.7 Å². The predicted molar refractivity (Wildman–Crippen MR) is 69.7 cm³/mol. The molecule has 3 rings (SSSR count). The molecule has 1 aromatic rings. The Morgan fingerprint density at radius 2 is 2.05 bits per heavy atom. The Balaban J connectivity index is 1.67. The lowest BCUT2D eigenvalue weighted by Crippen LogP contribution is -2.35. The lowest BCUT2D eigenvalue weighted by molar-refractivity contribution is -0.181. The fraction of sp³-hybridized carbons (Fsp3) is 0.727. The number of hydrogen-bond acceptors (Lipinski definition) is 7. The lowest BCUT2D eigenvalue weighted by Gasteiger charge is -2.19. The average Bonchev–Trinajstić information content (AvgIpc) is 2.76. The summed E-state index contributed by atoms with van der Waals surface area (Å²) >= 11 is 0. The maximum absolute atomic E-state index is 12.2. The summed E-state index contributed by atoms with van der Waals surface area (Å²) in [5.74, 6) is 0.796. The van der Waals surface area contributed by atoms with Crippen LogP contribution >= 0.6 is 0 Å². The van der Waals surface area contributed by atoms with Crippen LogP contribution in [0.2, 0.25) is 0 Å². The van der Waals surface area contributed by atoms with Crippen molar-refractivity contribution >= 4 is 15.7 Å². The van der Waals surface area contributed by atoms with Gasteiger partial charge in [0.25, 0.3) is 5.91 Å². The molecule has 3 heterocycles. The summed E-state index contributed by atoms with van der Waals surface area (Å²) in [5.41, 5.74) is 0. The minimum Gasteiger partial charge on any atom is -0.372 e. The summed E-state index contributed by atoms with van der Waals surface area (Å²) in [5, 5.41) is 9.09. The fourth-order valence-electron chi connectivity index (χ4n) is 2.27. The zero-order chi connectivity index (χ0) is 14.9. The van der Waals surface area contributed by atoms with E-state index in [9.17, 15) is 13.2 Å². The molecule has 0 aliphatic carbocycles. The van der Waals surface area contributed by atoms with E-state index in [2.05, 4.69) is 10.2 Å². The highest BCUT2D eigenvalue weighted by molar-refractivity contribution is 7.91. The summed E-state index contributed by atoms with van der Waals surface area (Å²) in [4.78, 5) is 17.4. The molecule has 21 heavy (non-hydrogen) atoms. The third-order valence-corrected chi connectivity index (χ3v) is 5.02. The Hall–Kier alpha value is -1.52. The Morgan fingerprint density at radius 1 is 1.19 bits per heavy atom. The number of rotatable bonds is 2. The molecule has 116 valence electrons. The number of amides is 1. The molecule has 10 heteroatoms. The van der Waals surface area contributed by atoms with Gasteiger partial charge < -0.3 is 9.30 Å². The van der Waals surface area contributed by atoms with E-state index < -0.39 is 9.84 Å². The molecule has 0 N–H and O–H groups in total. The zero-order valence-corrected chi connectivity index (χ0v) is 12.2. The van der Waals surface area contributed by atoms with Crippen LogP contribution in [0.25, 0.3) is 0 Å². The van der Waals surface area contributed by atoms with Gasteiger partial charge >= 0.3 is 0 Å². The van der Waals surface area contributed by atoms with E-state index >= 15 is 0 Å². The van der Waals surface area contributed by atoms with E-state index in [4.69, 9.17) is 9.57 Å². The van der Waals surface area contributed by atoms with Crippen LogP contribution in [-0.4, -0.2) is 65.4 Å². The van der Waals surface area contributed by atoms with Crippen molar-refractivity contribution in [1.29, 1.82) is 0 Å². The molecule has 0 aromatic carbocycles. The van der Waals surface area contributed by atoms with Gasteiger partial charge in [0.1, 0.15) is 12.4 Å². The minimum atomic E-state index is -3.13. The zero-order valence-electron chi connectivity index (χ0n) is 11.4. The maximum Gasteiger partial charge on any atom is 0.253 e. The molecule has 0 saturated carbocycles. The monoisotopic (exact) mass is 316 g/mol. The highest BCUT2D eigenvalue weighted by atomic mass is 32.2. The number of hydroxylamine groups is 2. The van der Waals surface area contributed by atoms with Gasteiger partial charge in [0, 0.05) is 6.54 Å². The molecule has 0 radical (unpaired) electrons. The van der Waals surface area contributed by atoms with Crippen LogP contribution in [-0.2, 0) is 43.8 Å². The van der Waals surface area contributed by atoms with Gasteiger partial charge in [-0.25, -0.2) is 13.5 Å². The number of carbonyl (C=O) groups is 1. The first-order chi connectivity index (χ1) is 10.1. The molecule has 2 aliphatic heterocycles. The molecule has 1 fully saturated rings. The third kappa shape index (κ3) is 3.22. The normalized spacial score (nSPS) is 21.6. The Morgan fingerprint density at radius 3 is 2.90 bits per heavy atom. The number of fused-ring (bicyclic) bond motifs is 1. The van der Waals surface area contributed by atoms with Crippen molar-refractivity contribution in [2.75, 3.05) is 31.3 Å².